The molecule has 2 aromatic rings. The summed E-state index contributed by atoms with van der Waals surface area (Å²) in [7, 11) is 0. The number of anilines is 1. The number of carbonyl (C=O) groups excluding carboxylic acids is 2. The number of nitrogens with zero attached hydrogens (tertiary/aromatic N) is 2. The number of amides is 1. The number of hydrogen-bond donors (Lipinski definition) is 0. The van der Waals surface area contributed by atoms with Crippen LogP contribution in [0.5, 0.6) is 5.75 Å². The Morgan fingerprint density at radius 3 is 2.31 bits per heavy atom. The van der Waals surface area contributed by atoms with Crippen molar-refractivity contribution in [3.05, 3.63) is 59.7 Å². The van der Waals surface area contributed by atoms with Gasteiger partial charge in [-0.25, -0.2) is 0 Å². The molecule has 0 aliphatic heterocycles. The summed E-state index contributed by atoms with van der Waals surface area (Å²) in [6.45, 7) is 3.96. The van der Waals surface area contributed by atoms with Gasteiger partial charge < -0.3 is 9.64 Å². The minimum absolute atomic E-state index is 0.0645. The molecule has 0 aromatic heterocycles. The van der Waals surface area contributed by atoms with Crippen LogP contribution < -0.4 is 9.64 Å². The maximum atomic E-state index is 12.6. The van der Waals surface area contributed by atoms with Crippen LogP contribution in [0.1, 0.15) is 35.7 Å². The van der Waals surface area contributed by atoms with Crippen molar-refractivity contribution in [3.8, 4) is 11.8 Å². The molecule has 0 bridgehead atoms. The second kappa shape index (κ2) is 9.38. The fourth-order valence-electron chi connectivity index (χ4n) is 2.45. The average molecular weight is 350 g/mol. The Kier molecular flexibility index (Phi) is 6.92. The SMILES string of the molecule is CCC(=O)c1ccc(OCC(=O)N(CCC#N)c2ccc(C)cc2)cc1. The third-order valence-corrected chi connectivity index (χ3v) is 3.95. The Morgan fingerprint density at radius 1 is 1.08 bits per heavy atom. The second-order valence-corrected chi connectivity index (χ2v) is 5.88. The van der Waals surface area contributed by atoms with Gasteiger partial charge in [-0.15, -0.1) is 0 Å². The van der Waals surface area contributed by atoms with Crippen LogP contribution >= 0.6 is 0 Å². The quantitative estimate of drug-likeness (QED) is 0.677. The third-order valence-electron chi connectivity index (χ3n) is 3.95. The smallest absolute Gasteiger partial charge is 0.264 e. The zero-order chi connectivity index (χ0) is 18.9. The average Bonchev–Trinajstić information content (AvgIpc) is 2.67. The number of aryl methyl sites for hydroxylation is 1. The molecular formula is C21H22N2O3. The first-order valence-electron chi connectivity index (χ1n) is 8.55. The van der Waals surface area contributed by atoms with Gasteiger partial charge in [0, 0.05) is 24.2 Å². The first-order chi connectivity index (χ1) is 12.5. The van der Waals surface area contributed by atoms with Crippen LogP contribution in [0.15, 0.2) is 48.5 Å². The van der Waals surface area contributed by atoms with E-state index in [1.165, 1.54) is 0 Å². The van der Waals surface area contributed by atoms with Crippen LogP contribution in [-0.2, 0) is 4.79 Å². The summed E-state index contributed by atoms with van der Waals surface area (Å²) < 4.78 is 5.56. The first kappa shape index (κ1) is 19.2. The molecule has 0 fully saturated rings. The highest BCUT2D eigenvalue weighted by Crippen LogP contribution is 2.17. The van der Waals surface area contributed by atoms with Gasteiger partial charge >= 0.3 is 0 Å². The zero-order valence-electron chi connectivity index (χ0n) is 15.1. The molecule has 0 atom stereocenters. The molecule has 0 spiro atoms. The topological polar surface area (TPSA) is 70.4 Å². The van der Waals surface area contributed by atoms with E-state index in [2.05, 4.69) is 6.07 Å². The molecule has 0 saturated carbocycles. The van der Waals surface area contributed by atoms with Crippen molar-refractivity contribution in [1.29, 1.82) is 5.26 Å². The molecule has 2 aromatic carbocycles. The Bertz CT molecular complexity index is 790. The number of hydrogen-bond acceptors (Lipinski definition) is 4. The highest BCUT2D eigenvalue weighted by atomic mass is 16.5. The van der Waals surface area contributed by atoms with Gasteiger partial charge in [-0.05, 0) is 43.3 Å². The summed E-state index contributed by atoms with van der Waals surface area (Å²) in [6, 6.07) is 16.4. The van der Waals surface area contributed by atoms with Crippen LogP contribution in [0.3, 0.4) is 0 Å². The molecule has 5 nitrogen and oxygen atoms in total. The van der Waals surface area contributed by atoms with E-state index >= 15 is 0 Å². The summed E-state index contributed by atoms with van der Waals surface area (Å²) in [5.41, 5.74) is 2.46. The van der Waals surface area contributed by atoms with E-state index in [1.54, 1.807) is 29.2 Å². The normalized spacial score (nSPS) is 10.0. The number of carbonyl (C=O) groups is 2. The van der Waals surface area contributed by atoms with Crippen molar-refractivity contribution < 1.29 is 14.3 Å². The van der Waals surface area contributed by atoms with Crippen molar-refractivity contribution in [2.75, 3.05) is 18.1 Å². The minimum Gasteiger partial charge on any atom is -0.484 e. The molecule has 0 aliphatic rings. The third kappa shape index (κ3) is 5.18. The van der Waals surface area contributed by atoms with Gasteiger partial charge in [0.1, 0.15) is 5.75 Å². The van der Waals surface area contributed by atoms with E-state index in [-0.39, 0.29) is 24.7 Å². The summed E-state index contributed by atoms with van der Waals surface area (Å²) in [5, 5.41) is 8.84. The van der Waals surface area contributed by atoms with Crippen LogP contribution in [-0.4, -0.2) is 24.8 Å². The summed E-state index contributed by atoms with van der Waals surface area (Å²) in [5.74, 6) is 0.364. The molecule has 26 heavy (non-hydrogen) atoms. The van der Waals surface area contributed by atoms with Gasteiger partial charge in [0.15, 0.2) is 12.4 Å². The fraction of sp³-hybridized carbons (Fsp3) is 0.286. The van der Waals surface area contributed by atoms with Gasteiger partial charge in [-0.2, -0.15) is 5.26 Å². The lowest BCUT2D eigenvalue weighted by atomic mass is 10.1. The van der Waals surface area contributed by atoms with Crippen molar-refractivity contribution in [1.82, 2.24) is 0 Å². The number of rotatable bonds is 8. The maximum Gasteiger partial charge on any atom is 0.264 e. The lowest BCUT2D eigenvalue weighted by molar-refractivity contribution is -0.120. The lowest BCUT2D eigenvalue weighted by Crippen LogP contribution is -2.35. The van der Waals surface area contributed by atoms with Crippen molar-refractivity contribution in [2.24, 2.45) is 0 Å². The molecule has 0 N–H and O–H groups in total. The molecule has 0 heterocycles. The number of nitriles is 1. The number of ether oxygens (including phenoxy) is 1. The molecule has 0 saturated heterocycles. The zero-order valence-corrected chi connectivity index (χ0v) is 15.1. The van der Waals surface area contributed by atoms with Crippen LogP contribution in [0.2, 0.25) is 0 Å². The maximum absolute atomic E-state index is 12.6. The summed E-state index contributed by atoms with van der Waals surface area (Å²) >= 11 is 0. The number of ketones is 1. The van der Waals surface area contributed by atoms with Crippen LogP contribution in [0.4, 0.5) is 5.69 Å². The predicted octanol–water partition coefficient (Wildman–Crippen LogP) is 3.91. The monoisotopic (exact) mass is 350 g/mol. The number of benzene rings is 2. The standard InChI is InChI=1S/C21H22N2O3/c1-3-20(24)17-7-11-19(12-8-17)26-15-21(25)23(14-4-13-22)18-9-5-16(2)6-10-18/h5-12H,3-4,14-15H2,1-2H3. The van der Waals surface area contributed by atoms with Crippen LogP contribution in [0, 0.1) is 18.3 Å². The molecular weight excluding hydrogens is 328 g/mol. The van der Waals surface area contributed by atoms with E-state index in [1.807, 2.05) is 38.1 Å². The molecule has 1 amide bonds. The Labute approximate surface area is 153 Å². The predicted molar refractivity (Wildman–Crippen MR) is 100 cm³/mol. The Hall–Kier alpha value is -3.13. The van der Waals surface area contributed by atoms with Gasteiger partial charge in [-0.1, -0.05) is 24.6 Å². The van der Waals surface area contributed by atoms with Crippen molar-refractivity contribution >= 4 is 17.4 Å². The van der Waals surface area contributed by atoms with Crippen molar-refractivity contribution in [2.45, 2.75) is 26.7 Å². The van der Waals surface area contributed by atoms with E-state index < -0.39 is 0 Å². The number of Topliss-reactive ketones (excluding diaryl/α,β-unsaturated/α-hetero) is 1. The molecule has 0 radical (unpaired) electrons. The van der Waals surface area contributed by atoms with Crippen LogP contribution in [0.25, 0.3) is 0 Å². The molecule has 134 valence electrons. The Balaban J connectivity index is 2.03. The molecule has 5 heteroatoms. The minimum atomic E-state index is -0.224. The molecule has 0 aliphatic carbocycles. The molecule has 0 unspecified atom stereocenters. The van der Waals surface area contributed by atoms with E-state index in [0.717, 1.165) is 11.3 Å². The highest BCUT2D eigenvalue weighted by molar-refractivity contribution is 5.96. The van der Waals surface area contributed by atoms with E-state index in [4.69, 9.17) is 10.00 Å². The largest absolute Gasteiger partial charge is 0.484 e. The van der Waals surface area contributed by atoms with E-state index in [9.17, 15) is 9.59 Å². The van der Waals surface area contributed by atoms with Crippen molar-refractivity contribution in [3.63, 3.8) is 0 Å². The van der Waals surface area contributed by atoms with Gasteiger partial charge in [0.05, 0.1) is 12.5 Å². The van der Waals surface area contributed by atoms with Gasteiger partial charge in [0.2, 0.25) is 0 Å². The summed E-state index contributed by atoms with van der Waals surface area (Å²) in [6.07, 6.45) is 0.691. The fourth-order valence-corrected chi connectivity index (χ4v) is 2.45. The van der Waals surface area contributed by atoms with Gasteiger partial charge in [0.25, 0.3) is 5.91 Å². The first-order valence-corrected chi connectivity index (χ1v) is 8.55. The summed E-state index contributed by atoms with van der Waals surface area (Å²) in [4.78, 5) is 25.8. The Morgan fingerprint density at radius 2 is 1.73 bits per heavy atom. The van der Waals surface area contributed by atoms with E-state index in [0.29, 0.717) is 24.3 Å². The highest BCUT2D eigenvalue weighted by Gasteiger charge is 2.16. The molecule has 2 rings (SSSR count). The lowest BCUT2D eigenvalue weighted by Gasteiger charge is -2.22. The second-order valence-electron chi connectivity index (χ2n) is 5.88. The van der Waals surface area contributed by atoms with Gasteiger partial charge in [-0.3, -0.25) is 9.59 Å².